The average Bonchev–Trinajstić information content (AvgIpc) is 2.88. The SMILES string of the molecule is CC.CCOc1ccc(CN2CCCC2)cc1Cl. The molecule has 1 saturated heterocycles. The highest BCUT2D eigenvalue weighted by Crippen LogP contribution is 2.26. The Hall–Kier alpha value is -0.730. The van der Waals surface area contributed by atoms with Crippen LogP contribution in [0.5, 0.6) is 5.75 Å². The van der Waals surface area contributed by atoms with E-state index in [1.54, 1.807) is 0 Å². The van der Waals surface area contributed by atoms with Crippen molar-refractivity contribution in [3.63, 3.8) is 0 Å². The molecule has 1 heterocycles. The first-order valence-electron chi connectivity index (χ1n) is 6.93. The fourth-order valence-corrected chi connectivity index (χ4v) is 2.37. The van der Waals surface area contributed by atoms with Gasteiger partial charge in [0.15, 0.2) is 0 Å². The first-order chi connectivity index (χ1) is 8.79. The maximum Gasteiger partial charge on any atom is 0.137 e. The number of halogens is 1. The van der Waals surface area contributed by atoms with E-state index in [0.717, 1.165) is 17.3 Å². The highest BCUT2D eigenvalue weighted by molar-refractivity contribution is 6.32. The number of rotatable bonds is 4. The lowest BCUT2D eigenvalue weighted by atomic mass is 10.2. The van der Waals surface area contributed by atoms with E-state index in [1.807, 2.05) is 32.9 Å². The Morgan fingerprint density at radius 1 is 1.22 bits per heavy atom. The highest BCUT2D eigenvalue weighted by atomic mass is 35.5. The zero-order chi connectivity index (χ0) is 13.4. The quantitative estimate of drug-likeness (QED) is 0.805. The van der Waals surface area contributed by atoms with Crippen LogP contribution >= 0.6 is 11.6 Å². The third-order valence-corrected chi connectivity index (χ3v) is 3.20. The number of benzene rings is 1. The summed E-state index contributed by atoms with van der Waals surface area (Å²) in [4.78, 5) is 2.46. The van der Waals surface area contributed by atoms with Gasteiger partial charge in [-0.1, -0.05) is 31.5 Å². The number of hydrogen-bond donors (Lipinski definition) is 0. The first kappa shape index (κ1) is 15.3. The van der Waals surface area contributed by atoms with Crippen molar-refractivity contribution in [2.75, 3.05) is 19.7 Å². The predicted molar refractivity (Wildman–Crippen MR) is 78.5 cm³/mol. The summed E-state index contributed by atoms with van der Waals surface area (Å²) in [6.45, 7) is 10.1. The molecule has 1 fully saturated rings. The molecule has 1 aliphatic heterocycles. The van der Waals surface area contributed by atoms with E-state index < -0.39 is 0 Å². The lowest BCUT2D eigenvalue weighted by Gasteiger charge is -2.15. The van der Waals surface area contributed by atoms with Crippen LogP contribution in [0.15, 0.2) is 18.2 Å². The third-order valence-electron chi connectivity index (χ3n) is 2.90. The number of hydrogen-bond acceptors (Lipinski definition) is 2. The van der Waals surface area contributed by atoms with Crippen LogP contribution in [0.3, 0.4) is 0 Å². The summed E-state index contributed by atoms with van der Waals surface area (Å²) in [6.07, 6.45) is 2.65. The van der Waals surface area contributed by atoms with E-state index in [2.05, 4.69) is 11.0 Å². The van der Waals surface area contributed by atoms with Crippen molar-refractivity contribution in [3.8, 4) is 5.75 Å². The molecule has 0 aromatic heterocycles. The molecular formula is C15H24ClNO. The second-order valence-electron chi connectivity index (χ2n) is 4.18. The van der Waals surface area contributed by atoms with Gasteiger partial charge in [-0.3, -0.25) is 4.90 Å². The summed E-state index contributed by atoms with van der Waals surface area (Å²) in [6, 6.07) is 6.09. The molecule has 0 aliphatic carbocycles. The second-order valence-corrected chi connectivity index (χ2v) is 4.59. The van der Waals surface area contributed by atoms with Crippen LogP contribution in [-0.4, -0.2) is 24.6 Å². The normalized spacial score (nSPS) is 15.1. The maximum absolute atomic E-state index is 6.15. The third kappa shape index (κ3) is 4.51. The number of likely N-dealkylation sites (tertiary alicyclic amines) is 1. The maximum atomic E-state index is 6.15. The van der Waals surface area contributed by atoms with E-state index >= 15 is 0 Å². The molecule has 102 valence electrons. The molecule has 1 aromatic rings. The van der Waals surface area contributed by atoms with Crippen LogP contribution in [0, 0.1) is 0 Å². The van der Waals surface area contributed by atoms with E-state index in [0.29, 0.717) is 6.61 Å². The van der Waals surface area contributed by atoms with E-state index in [-0.39, 0.29) is 0 Å². The van der Waals surface area contributed by atoms with Gasteiger partial charge in [0.25, 0.3) is 0 Å². The largest absolute Gasteiger partial charge is 0.492 e. The molecule has 0 atom stereocenters. The Kier molecular flexibility index (Phi) is 7.14. The Bertz CT molecular complexity index is 348. The van der Waals surface area contributed by atoms with Crippen LogP contribution in [0.4, 0.5) is 0 Å². The molecule has 2 nitrogen and oxygen atoms in total. The monoisotopic (exact) mass is 269 g/mol. The summed E-state index contributed by atoms with van der Waals surface area (Å²) >= 11 is 6.15. The minimum absolute atomic E-state index is 0.658. The van der Waals surface area contributed by atoms with Gasteiger partial charge in [-0.15, -0.1) is 0 Å². The fraction of sp³-hybridized carbons (Fsp3) is 0.600. The Morgan fingerprint density at radius 2 is 1.89 bits per heavy atom. The topological polar surface area (TPSA) is 12.5 Å². The van der Waals surface area contributed by atoms with E-state index in [4.69, 9.17) is 16.3 Å². The highest BCUT2D eigenvalue weighted by Gasteiger charge is 2.12. The molecular weight excluding hydrogens is 246 g/mol. The molecule has 0 radical (unpaired) electrons. The molecule has 2 rings (SSSR count). The predicted octanol–water partition coefficient (Wildman–Crippen LogP) is 4.36. The smallest absolute Gasteiger partial charge is 0.137 e. The molecule has 1 aliphatic rings. The summed E-state index contributed by atoms with van der Waals surface area (Å²) in [5, 5.41) is 0.721. The molecule has 0 N–H and O–H groups in total. The first-order valence-corrected chi connectivity index (χ1v) is 7.31. The standard InChI is InChI=1S/C13H18ClNO.C2H6/c1-2-16-13-6-5-11(9-12(13)14)10-15-7-3-4-8-15;1-2/h5-6,9H,2-4,7-8,10H2,1H3;1-2H3. The lowest BCUT2D eigenvalue weighted by Crippen LogP contribution is -2.18. The molecule has 0 unspecified atom stereocenters. The summed E-state index contributed by atoms with van der Waals surface area (Å²) in [5.74, 6) is 0.786. The number of ether oxygens (including phenoxy) is 1. The van der Waals surface area contributed by atoms with Crippen molar-refractivity contribution in [1.82, 2.24) is 4.90 Å². The molecule has 3 heteroatoms. The summed E-state index contributed by atoms with van der Waals surface area (Å²) in [5.41, 5.74) is 1.27. The minimum atomic E-state index is 0.658. The van der Waals surface area contributed by atoms with E-state index in [1.165, 1.54) is 31.5 Å². The summed E-state index contributed by atoms with van der Waals surface area (Å²) in [7, 11) is 0. The van der Waals surface area contributed by atoms with Gasteiger partial charge >= 0.3 is 0 Å². The van der Waals surface area contributed by atoms with Crippen LogP contribution in [0.25, 0.3) is 0 Å². The van der Waals surface area contributed by atoms with E-state index in [9.17, 15) is 0 Å². The zero-order valence-corrected chi connectivity index (χ0v) is 12.5. The van der Waals surface area contributed by atoms with Crippen LogP contribution < -0.4 is 4.74 Å². The van der Waals surface area contributed by atoms with Gasteiger partial charge in [-0.05, 0) is 50.6 Å². The molecule has 1 aromatic carbocycles. The van der Waals surface area contributed by atoms with Gasteiger partial charge in [-0.2, -0.15) is 0 Å². The molecule has 18 heavy (non-hydrogen) atoms. The Labute approximate surface area is 116 Å². The van der Waals surface area contributed by atoms with Crippen molar-refractivity contribution in [3.05, 3.63) is 28.8 Å². The van der Waals surface area contributed by atoms with Crippen LogP contribution in [-0.2, 0) is 6.54 Å². The van der Waals surface area contributed by atoms with Crippen LogP contribution in [0.2, 0.25) is 5.02 Å². The van der Waals surface area contributed by atoms with Gasteiger partial charge in [0.1, 0.15) is 5.75 Å². The van der Waals surface area contributed by atoms with Crippen molar-refractivity contribution in [2.45, 2.75) is 40.2 Å². The van der Waals surface area contributed by atoms with Crippen molar-refractivity contribution >= 4 is 11.6 Å². The molecule has 0 spiro atoms. The van der Waals surface area contributed by atoms with Gasteiger partial charge in [-0.25, -0.2) is 0 Å². The van der Waals surface area contributed by atoms with Crippen molar-refractivity contribution in [1.29, 1.82) is 0 Å². The Morgan fingerprint density at radius 3 is 2.44 bits per heavy atom. The average molecular weight is 270 g/mol. The van der Waals surface area contributed by atoms with Gasteiger partial charge in [0.2, 0.25) is 0 Å². The lowest BCUT2D eigenvalue weighted by molar-refractivity contribution is 0.329. The van der Waals surface area contributed by atoms with Crippen LogP contribution in [0.1, 0.15) is 39.2 Å². The minimum Gasteiger partial charge on any atom is -0.492 e. The van der Waals surface area contributed by atoms with Gasteiger partial charge in [0, 0.05) is 6.54 Å². The van der Waals surface area contributed by atoms with Crippen molar-refractivity contribution < 1.29 is 4.74 Å². The van der Waals surface area contributed by atoms with Crippen molar-refractivity contribution in [2.24, 2.45) is 0 Å². The second kappa shape index (κ2) is 8.39. The van der Waals surface area contributed by atoms with Gasteiger partial charge < -0.3 is 4.74 Å². The number of nitrogens with zero attached hydrogens (tertiary/aromatic N) is 1. The molecule has 0 saturated carbocycles. The Balaban J connectivity index is 0.000000771. The zero-order valence-electron chi connectivity index (χ0n) is 11.7. The molecule has 0 amide bonds. The summed E-state index contributed by atoms with van der Waals surface area (Å²) < 4.78 is 5.42. The fourth-order valence-electron chi connectivity index (χ4n) is 2.11. The van der Waals surface area contributed by atoms with Gasteiger partial charge in [0.05, 0.1) is 11.6 Å². The molecule has 0 bridgehead atoms.